The molecule has 2 amide bonds. The summed E-state index contributed by atoms with van der Waals surface area (Å²) in [4.78, 5) is 10.7. The van der Waals surface area contributed by atoms with Crippen molar-refractivity contribution in [3.63, 3.8) is 0 Å². The molecule has 1 saturated carbocycles. The van der Waals surface area contributed by atoms with Crippen LogP contribution >= 0.6 is 0 Å². The Bertz CT molecular complexity index is 173. The Labute approximate surface area is 78.8 Å². The number of primary amides is 1. The van der Waals surface area contributed by atoms with Crippen LogP contribution in [0.15, 0.2) is 0 Å². The van der Waals surface area contributed by atoms with Crippen LogP contribution in [0.5, 0.6) is 0 Å². The van der Waals surface area contributed by atoms with E-state index in [0.717, 1.165) is 19.3 Å². The molecular weight excluding hydrogens is 168 g/mol. The van der Waals surface area contributed by atoms with E-state index >= 15 is 0 Å². The van der Waals surface area contributed by atoms with E-state index in [-0.39, 0.29) is 12.1 Å². The van der Waals surface area contributed by atoms with Gasteiger partial charge in [-0.05, 0) is 12.8 Å². The maximum absolute atomic E-state index is 10.7. The summed E-state index contributed by atoms with van der Waals surface area (Å²) >= 11 is 0. The third-order valence-corrected chi connectivity index (χ3v) is 2.58. The van der Waals surface area contributed by atoms with E-state index in [0.29, 0.717) is 0 Å². The number of carbonyl (C=O) groups is 1. The quantitative estimate of drug-likeness (QED) is 0.632. The van der Waals surface area contributed by atoms with Crippen molar-refractivity contribution in [2.45, 2.75) is 44.2 Å². The third kappa shape index (κ3) is 3.22. The minimum absolute atomic E-state index is 0.102. The van der Waals surface area contributed by atoms with Crippen molar-refractivity contribution in [2.24, 2.45) is 5.73 Å². The van der Waals surface area contributed by atoms with E-state index in [1.54, 1.807) is 7.11 Å². The molecule has 0 saturated heterocycles. The van der Waals surface area contributed by atoms with Crippen molar-refractivity contribution in [1.29, 1.82) is 0 Å². The molecule has 2 atom stereocenters. The number of rotatable bonds is 2. The molecule has 0 bridgehead atoms. The van der Waals surface area contributed by atoms with Crippen LogP contribution in [0.25, 0.3) is 0 Å². The fourth-order valence-corrected chi connectivity index (χ4v) is 1.90. The molecule has 76 valence electrons. The van der Waals surface area contributed by atoms with Gasteiger partial charge in [0.15, 0.2) is 0 Å². The second-order valence-electron chi connectivity index (χ2n) is 3.53. The monoisotopic (exact) mass is 186 g/mol. The fourth-order valence-electron chi connectivity index (χ4n) is 1.90. The van der Waals surface area contributed by atoms with Crippen LogP contribution in [0.4, 0.5) is 4.79 Å². The van der Waals surface area contributed by atoms with Crippen molar-refractivity contribution in [1.82, 2.24) is 5.32 Å². The Balaban J connectivity index is 2.48. The van der Waals surface area contributed by atoms with Gasteiger partial charge in [-0.15, -0.1) is 0 Å². The number of carbonyl (C=O) groups excluding carboxylic acids is 1. The van der Waals surface area contributed by atoms with E-state index < -0.39 is 6.03 Å². The van der Waals surface area contributed by atoms with Gasteiger partial charge in [-0.3, -0.25) is 0 Å². The summed E-state index contributed by atoms with van der Waals surface area (Å²) < 4.78 is 5.31. The molecule has 0 aromatic carbocycles. The molecular formula is C9H18N2O2. The van der Waals surface area contributed by atoms with Gasteiger partial charge in [-0.1, -0.05) is 19.3 Å². The Morgan fingerprint density at radius 2 is 2.08 bits per heavy atom. The molecule has 1 fully saturated rings. The molecule has 0 aromatic rings. The molecule has 1 rings (SSSR count). The van der Waals surface area contributed by atoms with Crippen LogP contribution < -0.4 is 11.1 Å². The number of methoxy groups -OCH3 is 1. The molecule has 0 aliphatic heterocycles. The van der Waals surface area contributed by atoms with Crippen LogP contribution in [0.1, 0.15) is 32.1 Å². The number of amides is 2. The molecule has 0 spiro atoms. The lowest BCUT2D eigenvalue weighted by Crippen LogP contribution is -2.45. The first-order chi connectivity index (χ1) is 6.24. The highest BCUT2D eigenvalue weighted by Crippen LogP contribution is 2.19. The number of urea groups is 1. The lowest BCUT2D eigenvalue weighted by molar-refractivity contribution is 0.0665. The predicted molar refractivity (Wildman–Crippen MR) is 50.4 cm³/mol. The van der Waals surface area contributed by atoms with Gasteiger partial charge in [0.2, 0.25) is 0 Å². The summed E-state index contributed by atoms with van der Waals surface area (Å²) in [6, 6.07) is -0.348. The predicted octanol–water partition coefficient (Wildman–Crippen LogP) is 1.00. The summed E-state index contributed by atoms with van der Waals surface area (Å²) in [5.74, 6) is 0. The van der Waals surface area contributed by atoms with Gasteiger partial charge in [0, 0.05) is 7.11 Å². The molecule has 1 aliphatic rings. The zero-order valence-corrected chi connectivity index (χ0v) is 8.08. The van der Waals surface area contributed by atoms with Gasteiger partial charge in [-0.2, -0.15) is 0 Å². The van der Waals surface area contributed by atoms with Crippen molar-refractivity contribution in [3.8, 4) is 0 Å². The van der Waals surface area contributed by atoms with Gasteiger partial charge in [-0.25, -0.2) is 4.79 Å². The van der Waals surface area contributed by atoms with E-state index in [2.05, 4.69) is 5.32 Å². The number of hydrogen-bond acceptors (Lipinski definition) is 2. The first kappa shape index (κ1) is 10.3. The van der Waals surface area contributed by atoms with Crippen molar-refractivity contribution >= 4 is 6.03 Å². The molecule has 2 unspecified atom stereocenters. The standard InChI is InChI=1S/C9H18N2O2/c1-13-8-6-4-2-3-5-7(8)11-9(10)12/h7-8H,2-6H2,1H3,(H3,10,11,12). The summed E-state index contributed by atoms with van der Waals surface area (Å²) in [5.41, 5.74) is 5.09. The summed E-state index contributed by atoms with van der Waals surface area (Å²) in [6.45, 7) is 0. The van der Waals surface area contributed by atoms with Crippen molar-refractivity contribution < 1.29 is 9.53 Å². The highest BCUT2D eigenvalue weighted by Gasteiger charge is 2.23. The zero-order chi connectivity index (χ0) is 9.68. The smallest absolute Gasteiger partial charge is 0.312 e. The number of hydrogen-bond donors (Lipinski definition) is 2. The summed E-state index contributed by atoms with van der Waals surface area (Å²) in [7, 11) is 1.69. The minimum Gasteiger partial charge on any atom is -0.379 e. The summed E-state index contributed by atoms with van der Waals surface area (Å²) in [5, 5.41) is 2.74. The SMILES string of the molecule is COC1CCCCCC1NC(N)=O. The molecule has 13 heavy (non-hydrogen) atoms. The van der Waals surface area contributed by atoms with Crippen molar-refractivity contribution in [2.75, 3.05) is 7.11 Å². The molecule has 4 heteroatoms. The van der Waals surface area contributed by atoms with Crippen LogP contribution in [-0.2, 0) is 4.74 Å². The fraction of sp³-hybridized carbons (Fsp3) is 0.889. The van der Waals surface area contributed by atoms with Crippen LogP contribution in [0, 0.1) is 0 Å². The molecule has 1 aliphatic carbocycles. The normalized spacial score (nSPS) is 29.3. The van der Waals surface area contributed by atoms with Gasteiger partial charge in [0.25, 0.3) is 0 Å². The lowest BCUT2D eigenvalue weighted by Gasteiger charge is -2.23. The van der Waals surface area contributed by atoms with Gasteiger partial charge in [0.05, 0.1) is 12.1 Å². The first-order valence-corrected chi connectivity index (χ1v) is 4.83. The van der Waals surface area contributed by atoms with Gasteiger partial charge in [0.1, 0.15) is 0 Å². The van der Waals surface area contributed by atoms with E-state index in [1.807, 2.05) is 0 Å². The zero-order valence-electron chi connectivity index (χ0n) is 8.08. The third-order valence-electron chi connectivity index (χ3n) is 2.58. The average molecular weight is 186 g/mol. The number of nitrogens with one attached hydrogen (secondary N) is 1. The summed E-state index contributed by atoms with van der Waals surface area (Å²) in [6.07, 6.45) is 5.66. The molecule has 0 heterocycles. The lowest BCUT2D eigenvalue weighted by atomic mass is 10.1. The molecule has 4 nitrogen and oxygen atoms in total. The van der Waals surface area contributed by atoms with E-state index in [4.69, 9.17) is 10.5 Å². The average Bonchev–Trinajstić information content (AvgIpc) is 2.28. The highest BCUT2D eigenvalue weighted by atomic mass is 16.5. The second-order valence-corrected chi connectivity index (χ2v) is 3.53. The highest BCUT2D eigenvalue weighted by molar-refractivity contribution is 5.72. The minimum atomic E-state index is -0.450. The first-order valence-electron chi connectivity index (χ1n) is 4.83. The van der Waals surface area contributed by atoms with Gasteiger partial charge >= 0.3 is 6.03 Å². The van der Waals surface area contributed by atoms with Gasteiger partial charge < -0.3 is 15.8 Å². The molecule has 0 radical (unpaired) electrons. The maximum Gasteiger partial charge on any atom is 0.312 e. The topological polar surface area (TPSA) is 64.3 Å². The maximum atomic E-state index is 10.7. The van der Waals surface area contributed by atoms with Crippen LogP contribution in [0.2, 0.25) is 0 Å². The van der Waals surface area contributed by atoms with Crippen molar-refractivity contribution in [3.05, 3.63) is 0 Å². The second kappa shape index (κ2) is 5.07. The van der Waals surface area contributed by atoms with Crippen LogP contribution in [0.3, 0.4) is 0 Å². The van der Waals surface area contributed by atoms with E-state index in [9.17, 15) is 4.79 Å². The molecule has 3 N–H and O–H groups in total. The number of ether oxygens (including phenoxy) is 1. The Kier molecular flexibility index (Phi) is 4.02. The Morgan fingerprint density at radius 3 is 2.69 bits per heavy atom. The largest absolute Gasteiger partial charge is 0.379 e. The molecule has 0 aromatic heterocycles. The Morgan fingerprint density at radius 1 is 1.38 bits per heavy atom. The van der Waals surface area contributed by atoms with E-state index in [1.165, 1.54) is 12.8 Å². The number of nitrogens with two attached hydrogens (primary N) is 1. The Hall–Kier alpha value is -0.770. The van der Waals surface area contributed by atoms with Crippen LogP contribution in [-0.4, -0.2) is 25.3 Å².